The smallest absolute Gasteiger partial charge is 0.187 e. The molecule has 3 nitrogen and oxygen atoms in total. The molecule has 0 radical (unpaired) electrons. The third kappa shape index (κ3) is 4.82. The quantitative estimate of drug-likeness (QED) is 0.465. The first-order chi connectivity index (χ1) is 9.69. The molecule has 110 valence electrons. The van der Waals surface area contributed by atoms with Crippen LogP contribution in [-0.4, -0.2) is 16.9 Å². The Morgan fingerprint density at radius 3 is 2.75 bits per heavy atom. The van der Waals surface area contributed by atoms with Gasteiger partial charge in [0.1, 0.15) is 0 Å². The van der Waals surface area contributed by atoms with E-state index >= 15 is 0 Å². The number of hydrazone groups is 1. The van der Waals surface area contributed by atoms with Crippen molar-refractivity contribution in [2.75, 3.05) is 0 Å². The van der Waals surface area contributed by atoms with E-state index in [2.05, 4.69) is 44.8 Å². The summed E-state index contributed by atoms with van der Waals surface area (Å²) < 4.78 is 1.12. The van der Waals surface area contributed by atoms with Gasteiger partial charge in [-0.3, -0.25) is 5.43 Å². The lowest BCUT2D eigenvalue weighted by Crippen LogP contribution is -2.41. The number of halogens is 1. The molecule has 0 atom stereocenters. The molecule has 1 heterocycles. The normalized spacial score (nSPS) is 17.0. The first-order valence-electron chi connectivity index (χ1n) is 7.08. The molecule has 6 heteroatoms. The SMILES string of the molecule is CC/C(=N/NC(=S)NC1CCCCC1)c1ccc(Br)s1. The highest BCUT2D eigenvalue weighted by Gasteiger charge is 2.13. The summed E-state index contributed by atoms with van der Waals surface area (Å²) in [5, 5.41) is 8.44. The second-order valence-corrected chi connectivity index (χ2v) is 7.81. The highest BCUT2D eigenvalue weighted by molar-refractivity contribution is 9.11. The second-order valence-electron chi connectivity index (χ2n) is 4.94. The third-order valence-electron chi connectivity index (χ3n) is 3.43. The molecule has 0 amide bonds. The molecule has 1 aliphatic carbocycles. The van der Waals surface area contributed by atoms with Gasteiger partial charge in [0.2, 0.25) is 0 Å². The van der Waals surface area contributed by atoms with E-state index < -0.39 is 0 Å². The summed E-state index contributed by atoms with van der Waals surface area (Å²) in [6.07, 6.45) is 7.25. The molecular weight excluding hydrogens is 354 g/mol. The largest absolute Gasteiger partial charge is 0.359 e. The highest BCUT2D eigenvalue weighted by atomic mass is 79.9. The zero-order valence-electron chi connectivity index (χ0n) is 11.6. The molecule has 1 aliphatic rings. The van der Waals surface area contributed by atoms with Crippen LogP contribution in [-0.2, 0) is 0 Å². The van der Waals surface area contributed by atoms with Crippen molar-refractivity contribution >= 4 is 50.3 Å². The van der Waals surface area contributed by atoms with Crippen molar-refractivity contribution < 1.29 is 0 Å². The van der Waals surface area contributed by atoms with Gasteiger partial charge >= 0.3 is 0 Å². The van der Waals surface area contributed by atoms with Crippen LogP contribution in [0.3, 0.4) is 0 Å². The van der Waals surface area contributed by atoms with Gasteiger partial charge in [-0.1, -0.05) is 26.2 Å². The van der Waals surface area contributed by atoms with Crippen molar-refractivity contribution in [2.24, 2.45) is 5.10 Å². The lowest BCUT2D eigenvalue weighted by atomic mass is 9.96. The fourth-order valence-electron chi connectivity index (χ4n) is 2.36. The van der Waals surface area contributed by atoms with Crippen LogP contribution in [0, 0.1) is 0 Å². The number of hydrogen-bond donors (Lipinski definition) is 2. The predicted octanol–water partition coefficient (Wildman–Crippen LogP) is 4.42. The van der Waals surface area contributed by atoms with E-state index in [1.54, 1.807) is 11.3 Å². The van der Waals surface area contributed by atoms with Crippen molar-refractivity contribution in [1.82, 2.24) is 10.7 Å². The van der Waals surface area contributed by atoms with Crippen molar-refractivity contribution in [3.05, 3.63) is 20.8 Å². The van der Waals surface area contributed by atoms with Gasteiger partial charge in [-0.2, -0.15) is 5.10 Å². The molecule has 0 aromatic carbocycles. The molecule has 0 bridgehead atoms. The Bertz CT molecular complexity index is 479. The maximum absolute atomic E-state index is 5.32. The number of nitrogens with zero attached hydrogens (tertiary/aromatic N) is 1. The number of nitrogens with one attached hydrogen (secondary N) is 2. The van der Waals surface area contributed by atoms with E-state index in [0.717, 1.165) is 15.9 Å². The molecule has 0 aliphatic heterocycles. The Balaban J connectivity index is 1.87. The van der Waals surface area contributed by atoms with E-state index in [4.69, 9.17) is 12.2 Å². The minimum atomic E-state index is 0.514. The summed E-state index contributed by atoms with van der Waals surface area (Å²) in [5.41, 5.74) is 4.02. The molecule has 2 rings (SSSR count). The second kappa shape index (κ2) is 8.10. The zero-order chi connectivity index (χ0) is 14.4. The highest BCUT2D eigenvalue weighted by Crippen LogP contribution is 2.23. The average Bonchev–Trinajstić information content (AvgIpc) is 2.87. The molecule has 0 spiro atoms. The van der Waals surface area contributed by atoms with Gasteiger partial charge in [-0.25, -0.2) is 0 Å². The topological polar surface area (TPSA) is 36.4 Å². The Morgan fingerprint density at radius 1 is 1.40 bits per heavy atom. The van der Waals surface area contributed by atoms with E-state index in [-0.39, 0.29) is 0 Å². The Morgan fingerprint density at radius 2 is 2.15 bits per heavy atom. The predicted molar refractivity (Wildman–Crippen MR) is 94.6 cm³/mol. The molecule has 1 aromatic heterocycles. The van der Waals surface area contributed by atoms with Crippen LogP contribution in [0.4, 0.5) is 0 Å². The van der Waals surface area contributed by atoms with Crippen molar-refractivity contribution in [1.29, 1.82) is 0 Å². The lowest BCUT2D eigenvalue weighted by Gasteiger charge is -2.23. The first-order valence-corrected chi connectivity index (χ1v) is 9.09. The summed E-state index contributed by atoms with van der Waals surface area (Å²) in [6.45, 7) is 2.10. The molecule has 20 heavy (non-hydrogen) atoms. The maximum atomic E-state index is 5.32. The van der Waals surface area contributed by atoms with E-state index in [0.29, 0.717) is 11.2 Å². The van der Waals surface area contributed by atoms with E-state index in [1.165, 1.54) is 37.0 Å². The summed E-state index contributed by atoms with van der Waals surface area (Å²) in [7, 11) is 0. The first kappa shape index (κ1) is 15.9. The van der Waals surface area contributed by atoms with Gasteiger partial charge in [0, 0.05) is 6.04 Å². The van der Waals surface area contributed by atoms with Crippen LogP contribution in [0.5, 0.6) is 0 Å². The van der Waals surface area contributed by atoms with Crippen molar-refractivity contribution in [3.63, 3.8) is 0 Å². The summed E-state index contributed by atoms with van der Waals surface area (Å²) in [5.74, 6) is 0. The van der Waals surface area contributed by atoms with E-state index in [9.17, 15) is 0 Å². The fourth-order valence-corrected chi connectivity index (χ4v) is 4.02. The Kier molecular flexibility index (Phi) is 6.45. The van der Waals surface area contributed by atoms with Gasteiger partial charge in [-0.05, 0) is 59.5 Å². The molecular formula is C14H20BrN3S2. The number of thiophene rings is 1. The minimum Gasteiger partial charge on any atom is -0.359 e. The molecule has 1 aromatic rings. The van der Waals surface area contributed by atoms with Crippen LogP contribution in [0.15, 0.2) is 21.0 Å². The van der Waals surface area contributed by atoms with Crippen molar-refractivity contribution in [2.45, 2.75) is 51.5 Å². The fraction of sp³-hybridized carbons (Fsp3) is 0.571. The van der Waals surface area contributed by atoms with Crippen molar-refractivity contribution in [3.8, 4) is 0 Å². The van der Waals surface area contributed by atoms with Crippen LogP contribution in [0.2, 0.25) is 0 Å². The van der Waals surface area contributed by atoms with Gasteiger partial charge < -0.3 is 5.32 Å². The van der Waals surface area contributed by atoms with Gasteiger partial charge in [0.05, 0.1) is 14.4 Å². The monoisotopic (exact) mass is 373 g/mol. The number of thiocarbonyl (C=S) groups is 1. The van der Waals surface area contributed by atoms with Crippen LogP contribution < -0.4 is 10.7 Å². The van der Waals surface area contributed by atoms with Gasteiger partial charge in [-0.15, -0.1) is 11.3 Å². The molecule has 2 N–H and O–H groups in total. The third-order valence-corrected chi connectivity index (χ3v) is 5.31. The number of hydrogen-bond acceptors (Lipinski definition) is 3. The van der Waals surface area contributed by atoms with Crippen LogP contribution >= 0.6 is 39.5 Å². The van der Waals surface area contributed by atoms with Gasteiger partial charge in [0.15, 0.2) is 5.11 Å². The van der Waals surface area contributed by atoms with Crippen LogP contribution in [0.1, 0.15) is 50.3 Å². The lowest BCUT2D eigenvalue weighted by molar-refractivity contribution is 0.412. The Labute approximate surface area is 138 Å². The standard InChI is InChI=1S/C14H20BrN3S2/c1-2-11(12-8-9-13(15)20-12)17-18-14(19)16-10-6-4-3-5-7-10/h8-10H,2-7H2,1H3,(H2,16,18,19)/b17-11-. The Hall–Kier alpha value is -0.460. The molecule has 1 fully saturated rings. The molecule has 0 saturated heterocycles. The minimum absolute atomic E-state index is 0.514. The van der Waals surface area contributed by atoms with Gasteiger partial charge in [0.25, 0.3) is 0 Å². The summed E-state index contributed by atoms with van der Waals surface area (Å²) in [4.78, 5) is 1.17. The summed E-state index contributed by atoms with van der Waals surface area (Å²) >= 11 is 10.5. The molecule has 1 saturated carbocycles. The molecule has 0 unspecified atom stereocenters. The average molecular weight is 374 g/mol. The number of rotatable bonds is 4. The summed E-state index contributed by atoms with van der Waals surface area (Å²) in [6, 6.07) is 4.64. The van der Waals surface area contributed by atoms with Crippen LogP contribution in [0.25, 0.3) is 0 Å². The maximum Gasteiger partial charge on any atom is 0.187 e. The zero-order valence-corrected chi connectivity index (χ0v) is 14.8. The van der Waals surface area contributed by atoms with E-state index in [1.807, 2.05) is 6.07 Å².